The van der Waals surface area contributed by atoms with E-state index < -0.39 is 5.41 Å². The predicted octanol–water partition coefficient (Wildman–Crippen LogP) is 4.99. The van der Waals surface area contributed by atoms with Crippen LogP contribution < -0.4 is 0 Å². The Morgan fingerprint density at radius 3 is 2.68 bits per heavy atom. The Kier molecular flexibility index (Phi) is 3.79. The molecule has 3 nitrogen and oxygen atoms in total. The molecule has 2 aromatic rings. The van der Waals surface area contributed by atoms with Gasteiger partial charge in [-0.3, -0.25) is 14.3 Å². The Bertz CT molecular complexity index is 916. The molecule has 2 heterocycles. The van der Waals surface area contributed by atoms with Crippen molar-refractivity contribution in [3.63, 3.8) is 0 Å². The number of hydrogen-bond acceptors (Lipinski definition) is 2. The molecular weight excluding hydrogens is 376 g/mol. The van der Waals surface area contributed by atoms with E-state index in [4.69, 9.17) is 0 Å². The molecule has 4 rings (SSSR count). The molecule has 0 unspecified atom stereocenters. The van der Waals surface area contributed by atoms with Gasteiger partial charge in [0.2, 0.25) is 5.91 Å². The molecule has 1 aromatic carbocycles. The van der Waals surface area contributed by atoms with Crippen molar-refractivity contribution in [2.45, 2.75) is 46.1 Å². The van der Waals surface area contributed by atoms with Gasteiger partial charge in [0, 0.05) is 29.3 Å². The SMILES string of the molecule is CC1=C[C@@H]2c3cccc4c3c(c(Br)n4C(=O)C(C)(C)C)C[C@H]2N(C)C1. The largest absolute Gasteiger partial charge is 0.298 e. The molecule has 0 saturated carbocycles. The van der Waals surface area contributed by atoms with Crippen LogP contribution in [0.3, 0.4) is 0 Å². The molecule has 25 heavy (non-hydrogen) atoms. The molecule has 0 N–H and O–H groups in total. The molecule has 2 aliphatic rings. The van der Waals surface area contributed by atoms with Crippen LogP contribution in [0.2, 0.25) is 0 Å². The highest BCUT2D eigenvalue weighted by Gasteiger charge is 2.38. The van der Waals surface area contributed by atoms with Gasteiger partial charge in [-0.25, -0.2) is 0 Å². The maximum atomic E-state index is 13.1. The van der Waals surface area contributed by atoms with Crippen molar-refractivity contribution in [1.29, 1.82) is 0 Å². The molecule has 0 radical (unpaired) electrons. The quantitative estimate of drug-likeness (QED) is 0.581. The highest BCUT2D eigenvalue weighted by molar-refractivity contribution is 9.10. The van der Waals surface area contributed by atoms with E-state index in [0.717, 1.165) is 23.1 Å². The Morgan fingerprint density at radius 1 is 1.28 bits per heavy atom. The molecule has 2 atom stereocenters. The van der Waals surface area contributed by atoms with Crippen LogP contribution in [0.25, 0.3) is 10.9 Å². The standard InChI is InChI=1S/C21H25BrN2O/c1-12-9-14-13-7-6-8-16-18(13)15(10-17(14)23(5)11-12)19(22)24(16)20(25)21(2,3)4/h6-9,14,17H,10-11H2,1-5H3/t14-,17-/m1/s1. The maximum absolute atomic E-state index is 13.1. The lowest BCUT2D eigenvalue weighted by molar-refractivity contribution is 0.0769. The Balaban J connectivity index is 2.01. The number of likely N-dealkylation sites (N-methyl/N-ethyl adjacent to an activating group) is 1. The summed E-state index contributed by atoms with van der Waals surface area (Å²) in [4.78, 5) is 15.6. The Labute approximate surface area is 157 Å². The van der Waals surface area contributed by atoms with Crippen LogP contribution in [-0.4, -0.2) is 35.0 Å². The number of aromatic nitrogens is 1. The van der Waals surface area contributed by atoms with Crippen LogP contribution in [0.15, 0.2) is 34.5 Å². The van der Waals surface area contributed by atoms with Crippen molar-refractivity contribution in [3.8, 4) is 0 Å². The maximum Gasteiger partial charge on any atom is 0.237 e. The molecule has 1 aliphatic heterocycles. The number of nitrogens with zero attached hydrogens (tertiary/aromatic N) is 2. The summed E-state index contributed by atoms with van der Waals surface area (Å²) in [6.45, 7) is 9.18. The summed E-state index contributed by atoms with van der Waals surface area (Å²) in [5.74, 6) is 0.542. The van der Waals surface area contributed by atoms with E-state index >= 15 is 0 Å². The number of hydrogen-bond donors (Lipinski definition) is 0. The fourth-order valence-electron chi connectivity index (χ4n) is 4.46. The monoisotopic (exact) mass is 400 g/mol. The number of rotatable bonds is 0. The first-order valence-corrected chi connectivity index (χ1v) is 9.73. The zero-order valence-electron chi connectivity index (χ0n) is 15.6. The molecule has 1 aliphatic carbocycles. The van der Waals surface area contributed by atoms with E-state index in [-0.39, 0.29) is 5.91 Å². The van der Waals surface area contributed by atoms with Gasteiger partial charge >= 0.3 is 0 Å². The summed E-state index contributed by atoms with van der Waals surface area (Å²) in [6, 6.07) is 6.88. The summed E-state index contributed by atoms with van der Waals surface area (Å²) in [7, 11) is 2.21. The fraction of sp³-hybridized carbons (Fsp3) is 0.476. The number of benzene rings is 1. The van der Waals surface area contributed by atoms with Gasteiger partial charge in [0.05, 0.1) is 10.1 Å². The molecule has 1 aromatic heterocycles. The van der Waals surface area contributed by atoms with Crippen molar-refractivity contribution in [2.24, 2.45) is 5.41 Å². The lowest BCUT2D eigenvalue weighted by atomic mass is 9.77. The van der Waals surface area contributed by atoms with Crippen LogP contribution in [0.1, 0.15) is 49.5 Å². The van der Waals surface area contributed by atoms with Gasteiger partial charge in [-0.2, -0.15) is 0 Å². The molecule has 0 bridgehead atoms. The Hall–Kier alpha value is -1.39. The van der Waals surface area contributed by atoms with E-state index in [1.807, 2.05) is 25.3 Å². The minimum Gasteiger partial charge on any atom is -0.298 e. The third-order valence-electron chi connectivity index (χ3n) is 5.62. The topological polar surface area (TPSA) is 25.2 Å². The van der Waals surface area contributed by atoms with Gasteiger partial charge in [-0.1, -0.05) is 44.6 Å². The highest BCUT2D eigenvalue weighted by atomic mass is 79.9. The second-order valence-corrected chi connectivity index (χ2v) is 9.38. The van der Waals surface area contributed by atoms with Gasteiger partial charge in [0.25, 0.3) is 0 Å². The normalized spacial score (nSPS) is 23.5. The molecule has 0 amide bonds. The number of carbonyl (C=O) groups is 1. The lowest BCUT2D eigenvalue weighted by Crippen LogP contribution is -2.43. The van der Waals surface area contributed by atoms with Crippen molar-refractivity contribution < 1.29 is 4.79 Å². The first-order valence-electron chi connectivity index (χ1n) is 8.94. The molecular formula is C21H25BrN2O. The second kappa shape index (κ2) is 5.55. The minimum atomic E-state index is -0.421. The third-order valence-corrected chi connectivity index (χ3v) is 6.46. The third kappa shape index (κ3) is 2.45. The summed E-state index contributed by atoms with van der Waals surface area (Å²) in [5.41, 5.74) is 4.68. The summed E-state index contributed by atoms with van der Waals surface area (Å²) in [6.07, 6.45) is 3.41. The molecule has 0 spiro atoms. The van der Waals surface area contributed by atoms with Crippen LogP contribution in [0.5, 0.6) is 0 Å². The average Bonchev–Trinajstić information content (AvgIpc) is 2.80. The van der Waals surface area contributed by atoms with E-state index in [9.17, 15) is 4.79 Å². The van der Waals surface area contributed by atoms with Crippen molar-refractivity contribution in [3.05, 3.63) is 45.6 Å². The zero-order chi connectivity index (χ0) is 18.1. The van der Waals surface area contributed by atoms with E-state index in [2.05, 4.69) is 59.1 Å². The molecule has 4 heteroatoms. The van der Waals surface area contributed by atoms with Crippen LogP contribution >= 0.6 is 15.9 Å². The molecule has 0 saturated heterocycles. The lowest BCUT2D eigenvalue weighted by Gasteiger charge is -2.40. The van der Waals surface area contributed by atoms with Crippen LogP contribution in [0, 0.1) is 5.41 Å². The van der Waals surface area contributed by atoms with E-state index in [1.54, 1.807) is 0 Å². The van der Waals surface area contributed by atoms with Crippen LogP contribution in [0.4, 0.5) is 0 Å². The first-order chi connectivity index (χ1) is 11.7. The Morgan fingerprint density at radius 2 is 2.00 bits per heavy atom. The van der Waals surface area contributed by atoms with Gasteiger partial charge in [0.15, 0.2) is 0 Å². The predicted molar refractivity (Wildman–Crippen MR) is 106 cm³/mol. The van der Waals surface area contributed by atoms with Gasteiger partial charge in [0.1, 0.15) is 0 Å². The zero-order valence-corrected chi connectivity index (χ0v) is 17.1. The average molecular weight is 401 g/mol. The van der Waals surface area contributed by atoms with Crippen molar-refractivity contribution >= 4 is 32.7 Å². The number of halogens is 1. The molecule has 0 fully saturated rings. The van der Waals surface area contributed by atoms with Gasteiger partial charge in [-0.05, 0) is 53.5 Å². The van der Waals surface area contributed by atoms with Crippen LogP contribution in [-0.2, 0) is 6.42 Å². The van der Waals surface area contributed by atoms with Crippen molar-refractivity contribution in [2.75, 3.05) is 13.6 Å². The summed E-state index contributed by atoms with van der Waals surface area (Å²) < 4.78 is 2.83. The second-order valence-electron chi connectivity index (χ2n) is 8.63. The highest BCUT2D eigenvalue weighted by Crippen LogP contribution is 2.46. The van der Waals surface area contributed by atoms with Gasteiger partial charge in [-0.15, -0.1) is 0 Å². The number of carbonyl (C=O) groups excluding carboxylic acids is 1. The smallest absolute Gasteiger partial charge is 0.237 e. The van der Waals surface area contributed by atoms with E-state index in [1.165, 1.54) is 22.1 Å². The van der Waals surface area contributed by atoms with E-state index in [0.29, 0.717) is 12.0 Å². The summed E-state index contributed by atoms with van der Waals surface area (Å²) in [5, 5.41) is 1.27. The number of fused-ring (bicyclic) bond motifs is 2. The van der Waals surface area contributed by atoms with Gasteiger partial charge < -0.3 is 0 Å². The molecule has 132 valence electrons. The first kappa shape index (κ1) is 17.0. The van der Waals surface area contributed by atoms with Crippen molar-refractivity contribution in [1.82, 2.24) is 9.47 Å². The summed E-state index contributed by atoms with van der Waals surface area (Å²) >= 11 is 3.77. The minimum absolute atomic E-state index is 0.137. The fourth-order valence-corrected chi connectivity index (χ4v) is 5.17.